The average Bonchev–Trinajstić information content (AvgIpc) is 3.02. The SMILES string of the molecule is CC(C)(C)N(C=O)[C@H](CCc1ccccc1O)Cc1nc2ccccc2o1. The van der Waals surface area contributed by atoms with Crippen LogP contribution < -0.4 is 0 Å². The number of carbonyl (C=O) groups is 1. The molecule has 3 aromatic rings. The first-order valence-corrected chi connectivity index (χ1v) is 9.23. The summed E-state index contributed by atoms with van der Waals surface area (Å²) in [6.07, 6.45) is 2.79. The number of rotatable bonds is 7. The molecule has 5 nitrogen and oxygen atoms in total. The highest BCUT2D eigenvalue weighted by Crippen LogP contribution is 2.25. The van der Waals surface area contributed by atoms with E-state index in [0.29, 0.717) is 25.2 Å². The number of benzene rings is 2. The molecule has 0 fully saturated rings. The van der Waals surface area contributed by atoms with Crippen LogP contribution in [0.3, 0.4) is 0 Å². The molecule has 0 unspecified atom stereocenters. The van der Waals surface area contributed by atoms with Crippen molar-refractivity contribution in [3.63, 3.8) is 0 Å². The maximum absolute atomic E-state index is 11.9. The smallest absolute Gasteiger partial charge is 0.210 e. The molecule has 1 heterocycles. The molecule has 2 aromatic carbocycles. The van der Waals surface area contributed by atoms with Gasteiger partial charge >= 0.3 is 0 Å². The van der Waals surface area contributed by atoms with Crippen molar-refractivity contribution in [2.24, 2.45) is 0 Å². The van der Waals surface area contributed by atoms with Crippen molar-refractivity contribution in [2.75, 3.05) is 0 Å². The number of phenolic OH excluding ortho intramolecular Hbond substituents is 1. The number of hydrogen-bond donors (Lipinski definition) is 1. The average molecular weight is 366 g/mol. The Kier molecular flexibility index (Phi) is 5.49. The molecule has 1 amide bonds. The van der Waals surface area contributed by atoms with Crippen LogP contribution >= 0.6 is 0 Å². The summed E-state index contributed by atoms with van der Waals surface area (Å²) < 4.78 is 5.88. The molecule has 0 saturated heterocycles. The first-order valence-electron chi connectivity index (χ1n) is 9.23. The van der Waals surface area contributed by atoms with Crippen LogP contribution in [0.1, 0.15) is 38.6 Å². The Labute approximate surface area is 159 Å². The maximum Gasteiger partial charge on any atom is 0.210 e. The normalized spacial score (nSPS) is 12.9. The van der Waals surface area contributed by atoms with Crippen LogP contribution in [0.25, 0.3) is 11.1 Å². The van der Waals surface area contributed by atoms with E-state index < -0.39 is 0 Å². The monoisotopic (exact) mass is 366 g/mol. The lowest BCUT2D eigenvalue weighted by Gasteiger charge is -2.38. The highest BCUT2D eigenvalue weighted by atomic mass is 16.3. The van der Waals surface area contributed by atoms with Crippen LogP contribution in [-0.4, -0.2) is 33.0 Å². The minimum atomic E-state index is -0.322. The van der Waals surface area contributed by atoms with Gasteiger partial charge in [0.05, 0.1) is 0 Å². The highest BCUT2D eigenvalue weighted by Gasteiger charge is 2.29. The number of aryl methyl sites for hydroxylation is 1. The molecule has 0 aliphatic rings. The van der Waals surface area contributed by atoms with Crippen LogP contribution in [0.15, 0.2) is 52.9 Å². The molecule has 1 atom stereocenters. The van der Waals surface area contributed by atoms with Gasteiger partial charge in [-0.05, 0) is 57.4 Å². The van der Waals surface area contributed by atoms with Crippen molar-refractivity contribution < 1.29 is 14.3 Å². The lowest BCUT2D eigenvalue weighted by Crippen LogP contribution is -2.48. The Morgan fingerprint density at radius 2 is 1.85 bits per heavy atom. The van der Waals surface area contributed by atoms with Gasteiger partial charge in [-0.2, -0.15) is 0 Å². The molecule has 0 radical (unpaired) electrons. The highest BCUT2D eigenvalue weighted by molar-refractivity contribution is 5.72. The van der Waals surface area contributed by atoms with E-state index in [4.69, 9.17) is 4.42 Å². The Morgan fingerprint density at radius 1 is 1.15 bits per heavy atom. The summed E-state index contributed by atoms with van der Waals surface area (Å²) >= 11 is 0. The van der Waals surface area contributed by atoms with Crippen molar-refractivity contribution in [3.8, 4) is 5.75 Å². The van der Waals surface area contributed by atoms with Crippen molar-refractivity contribution in [2.45, 2.75) is 51.6 Å². The Bertz CT molecular complexity index is 878. The van der Waals surface area contributed by atoms with Crippen molar-refractivity contribution in [1.82, 2.24) is 9.88 Å². The number of para-hydroxylation sites is 3. The van der Waals surface area contributed by atoms with Gasteiger partial charge in [-0.3, -0.25) is 4.79 Å². The first-order chi connectivity index (χ1) is 12.9. The fourth-order valence-corrected chi connectivity index (χ4v) is 3.38. The number of carbonyl (C=O) groups excluding carboxylic acids is 1. The number of phenols is 1. The number of aromatic nitrogens is 1. The van der Waals surface area contributed by atoms with Crippen LogP contribution in [0.2, 0.25) is 0 Å². The standard InChI is InChI=1S/C22H26N2O3/c1-22(2,3)24(15-25)17(13-12-16-8-4-6-10-19(16)26)14-21-23-18-9-5-7-11-20(18)27-21/h4-11,15,17,26H,12-14H2,1-3H3/t17-/m1/s1. The topological polar surface area (TPSA) is 66.6 Å². The molecule has 0 aliphatic heterocycles. The molecule has 0 bridgehead atoms. The summed E-state index contributed by atoms with van der Waals surface area (Å²) in [6, 6.07) is 14.9. The van der Waals surface area contributed by atoms with Gasteiger partial charge in [0.2, 0.25) is 6.41 Å². The third-order valence-electron chi connectivity index (χ3n) is 4.77. The maximum atomic E-state index is 11.9. The second-order valence-corrected chi connectivity index (χ2v) is 7.78. The molecule has 0 aliphatic carbocycles. The summed E-state index contributed by atoms with van der Waals surface area (Å²) in [5.41, 5.74) is 2.12. The zero-order valence-electron chi connectivity index (χ0n) is 16.1. The zero-order valence-corrected chi connectivity index (χ0v) is 16.1. The largest absolute Gasteiger partial charge is 0.508 e. The molecule has 1 N–H and O–H groups in total. The number of nitrogens with zero attached hydrogens (tertiary/aromatic N) is 2. The van der Waals surface area contributed by atoms with E-state index in [2.05, 4.69) is 4.98 Å². The molecule has 1 aromatic heterocycles. The van der Waals surface area contributed by atoms with E-state index in [9.17, 15) is 9.90 Å². The summed E-state index contributed by atoms with van der Waals surface area (Å²) in [6.45, 7) is 6.04. The summed E-state index contributed by atoms with van der Waals surface area (Å²) in [5.74, 6) is 0.904. The van der Waals surface area contributed by atoms with Crippen molar-refractivity contribution in [3.05, 3.63) is 60.0 Å². The third-order valence-corrected chi connectivity index (χ3v) is 4.77. The predicted octanol–water partition coefficient (Wildman–Crippen LogP) is 4.33. The molecule has 0 spiro atoms. The molecule has 5 heteroatoms. The fraction of sp³-hybridized carbons (Fsp3) is 0.364. The first kappa shape index (κ1) is 19.0. The van der Waals surface area contributed by atoms with E-state index >= 15 is 0 Å². The van der Waals surface area contributed by atoms with Crippen LogP contribution in [0, 0.1) is 0 Å². The number of oxazole rings is 1. The van der Waals surface area contributed by atoms with Crippen LogP contribution in [-0.2, 0) is 17.6 Å². The Balaban J connectivity index is 1.84. The quantitative estimate of drug-likeness (QED) is 0.632. The van der Waals surface area contributed by atoms with E-state index in [1.165, 1.54) is 0 Å². The van der Waals surface area contributed by atoms with Gasteiger partial charge in [0.15, 0.2) is 11.5 Å². The lowest BCUT2D eigenvalue weighted by atomic mass is 9.96. The van der Waals surface area contributed by atoms with Crippen LogP contribution in [0.4, 0.5) is 0 Å². The summed E-state index contributed by atoms with van der Waals surface area (Å²) in [5, 5.41) is 10.1. The minimum Gasteiger partial charge on any atom is -0.508 e. The minimum absolute atomic E-state index is 0.0878. The number of aromatic hydroxyl groups is 1. The lowest BCUT2D eigenvalue weighted by molar-refractivity contribution is -0.125. The predicted molar refractivity (Wildman–Crippen MR) is 106 cm³/mol. The molecular weight excluding hydrogens is 340 g/mol. The van der Waals surface area contributed by atoms with Gasteiger partial charge in [-0.15, -0.1) is 0 Å². The number of hydrogen-bond acceptors (Lipinski definition) is 4. The molecule has 142 valence electrons. The van der Waals surface area contributed by atoms with Gasteiger partial charge in [0.25, 0.3) is 0 Å². The Morgan fingerprint density at radius 3 is 2.52 bits per heavy atom. The fourth-order valence-electron chi connectivity index (χ4n) is 3.38. The number of amides is 1. The van der Waals surface area contributed by atoms with Gasteiger partial charge < -0.3 is 14.4 Å². The molecule has 27 heavy (non-hydrogen) atoms. The van der Waals surface area contributed by atoms with Crippen LogP contribution in [0.5, 0.6) is 5.75 Å². The van der Waals surface area contributed by atoms with E-state index in [-0.39, 0.29) is 17.3 Å². The van der Waals surface area contributed by atoms with E-state index in [1.54, 1.807) is 6.07 Å². The summed E-state index contributed by atoms with van der Waals surface area (Å²) in [4.78, 5) is 18.2. The van der Waals surface area contributed by atoms with E-state index in [1.807, 2.05) is 68.1 Å². The Hall–Kier alpha value is -2.82. The second kappa shape index (κ2) is 7.82. The third kappa shape index (κ3) is 4.48. The van der Waals surface area contributed by atoms with Crippen molar-refractivity contribution >= 4 is 17.5 Å². The zero-order chi connectivity index (χ0) is 19.4. The van der Waals surface area contributed by atoms with Gasteiger partial charge in [0, 0.05) is 18.0 Å². The van der Waals surface area contributed by atoms with Gasteiger partial charge in [0.1, 0.15) is 11.3 Å². The van der Waals surface area contributed by atoms with Crippen molar-refractivity contribution in [1.29, 1.82) is 0 Å². The van der Waals surface area contributed by atoms with Gasteiger partial charge in [-0.1, -0.05) is 30.3 Å². The summed E-state index contributed by atoms with van der Waals surface area (Å²) in [7, 11) is 0. The second-order valence-electron chi connectivity index (χ2n) is 7.78. The van der Waals surface area contributed by atoms with Gasteiger partial charge in [-0.25, -0.2) is 4.98 Å². The molecule has 0 saturated carbocycles. The van der Waals surface area contributed by atoms with E-state index in [0.717, 1.165) is 23.1 Å². The number of fused-ring (bicyclic) bond motifs is 1. The molecular formula is C22H26N2O3. The molecule has 3 rings (SSSR count).